The molecule has 2 aliphatic rings. The van der Waals surface area contributed by atoms with Crippen molar-refractivity contribution >= 4 is 0 Å². The number of hydrogen-bond acceptors (Lipinski definition) is 3. The van der Waals surface area contributed by atoms with Crippen LogP contribution < -0.4 is 5.32 Å². The number of nitrogens with one attached hydrogen (secondary N) is 1. The van der Waals surface area contributed by atoms with Gasteiger partial charge in [-0.25, -0.2) is 4.39 Å². The molecule has 1 heterocycles. The van der Waals surface area contributed by atoms with E-state index in [1.54, 1.807) is 6.07 Å². The van der Waals surface area contributed by atoms with Gasteiger partial charge in [-0.3, -0.25) is 4.90 Å². The molecule has 3 rings (SSSR count). The minimum Gasteiger partial charge on any atom is -0.507 e. The minimum atomic E-state index is -0.256. The fourth-order valence-corrected chi connectivity index (χ4v) is 3.92. The van der Waals surface area contributed by atoms with Crippen molar-refractivity contribution in [3.05, 3.63) is 29.1 Å². The molecular formula is C17H25FN2O. The maximum absolute atomic E-state index is 14.5. The normalized spacial score (nSPS) is 22.6. The molecule has 1 atom stereocenters. The maximum atomic E-state index is 14.5. The summed E-state index contributed by atoms with van der Waals surface area (Å²) >= 11 is 0. The van der Waals surface area contributed by atoms with Crippen LogP contribution in [0, 0.1) is 18.7 Å². The lowest BCUT2D eigenvalue weighted by atomic mass is 9.88. The van der Waals surface area contributed by atoms with Crippen LogP contribution in [0.5, 0.6) is 5.75 Å². The second kappa shape index (κ2) is 6.32. The van der Waals surface area contributed by atoms with Gasteiger partial charge in [0, 0.05) is 37.8 Å². The second-order valence-corrected chi connectivity index (χ2v) is 6.40. The summed E-state index contributed by atoms with van der Waals surface area (Å²) in [5, 5.41) is 13.8. The molecule has 0 bridgehead atoms. The van der Waals surface area contributed by atoms with Crippen LogP contribution >= 0.6 is 0 Å². The van der Waals surface area contributed by atoms with E-state index in [1.165, 1.54) is 18.9 Å². The van der Waals surface area contributed by atoms with Crippen LogP contribution in [0.2, 0.25) is 0 Å². The van der Waals surface area contributed by atoms with Gasteiger partial charge in [0.1, 0.15) is 11.6 Å². The number of nitrogens with zero attached hydrogens (tertiary/aromatic N) is 1. The third-order valence-corrected chi connectivity index (χ3v) is 5.05. The number of aryl methyl sites for hydroxylation is 1. The molecule has 3 nitrogen and oxygen atoms in total. The van der Waals surface area contributed by atoms with Crippen LogP contribution in [0.4, 0.5) is 4.39 Å². The van der Waals surface area contributed by atoms with Gasteiger partial charge in [0.25, 0.3) is 0 Å². The summed E-state index contributed by atoms with van der Waals surface area (Å²) in [5.41, 5.74) is 1.30. The molecule has 21 heavy (non-hydrogen) atoms. The molecule has 1 aromatic carbocycles. The van der Waals surface area contributed by atoms with Gasteiger partial charge in [0.05, 0.1) is 0 Å². The quantitative estimate of drug-likeness (QED) is 0.899. The highest BCUT2D eigenvalue weighted by molar-refractivity contribution is 5.43. The Labute approximate surface area is 126 Å². The number of piperazine rings is 1. The molecule has 116 valence electrons. The van der Waals surface area contributed by atoms with Crippen LogP contribution in [-0.4, -0.2) is 36.2 Å². The smallest absolute Gasteiger partial charge is 0.131 e. The fraction of sp³-hybridized carbons (Fsp3) is 0.647. The van der Waals surface area contributed by atoms with Crippen molar-refractivity contribution in [1.82, 2.24) is 10.2 Å². The van der Waals surface area contributed by atoms with Crippen molar-refractivity contribution in [3.63, 3.8) is 0 Å². The number of phenols is 1. The number of hydrogen-bond donors (Lipinski definition) is 2. The summed E-state index contributed by atoms with van der Waals surface area (Å²) in [6, 6.07) is 3.20. The van der Waals surface area contributed by atoms with E-state index in [9.17, 15) is 9.50 Å². The van der Waals surface area contributed by atoms with E-state index in [-0.39, 0.29) is 17.6 Å². The zero-order chi connectivity index (χ0) is 14.8. The molecule has 4 heteroatoms. The van der Waals surface area contributed by atoms with E-state index >= 15 is 0 Å². The first-order chi connectivity index (χ1) is 10.2. The molecule has 0 radical (unpaired) electrons. The van der Waals surface area contributed by atoms with Crippen LogP contribution in [-0.2, 0) is 0 Å². The summed E-state index contributed by atoms with van der Waals surface area (Å²) in [5.74, 6) is 0.365. The second-order valence-electron chi connectivity index (χ2n) is 6.40. The summed E-state index contributed by atoms with van der Waals surface area (Å²) in [7, 11) is 0. The van der Waals surface area contributed by atoms with Gasteiger partial charge in [-0.1, -0.05) is 18.9 Å². The molecule has 0 spiro atoms. The Morgan fingerprint density at radius 1 is 1.24 bits per heavy atom. The highest BCUT2D eigenvalue weighted by atomic mass is 19.1. The summed E-state index contributed by atoms with van der Waals surface area (Å²) in [6.45, 7) is 5.58. The molecule has 1 aliphatic carbocycles. The van der Waals surface area contributed by atoms with Crippen LogP contribution in [0.25, 0.3) is 0 Å². The van der Waals surface area contributed by atoms with Gasteiger partial charge >= 0.3 is 0 Å². The average Bonchev–Trinajstić information content (AvgIpc) is 3.02. The van der Waals surface area contributed by atoms with E-state index in [1.807, 2.05) is 6.92 Å². The van der Waals surface area contributed by atoms with E-state index < -0.39 is 0 Å². The fourth-order valence-electron chi connectivity index (χ4n) is 3.92. The molecule has 0 aromatic heterocycles. The molecule has 0 unspecified atom stereocenters. The van der Waals surface area contributed by atoms with Gasteiger partial charge in [0.15, 0.2) is 0 Å². The Morgan fingerprint density at radius 3 is 2.57 bits per heavy atom. The lowest BCUT2D eigenvalue weighted by molar-refractivity contribution is 0.120. The standard InChI is InChI=1S/C17H25FN2O/c1-12-6-7-14(18)15(17(12)21)16(13-4-2-3-5-13)20-10-8-19-9-11-20/h6-7,13,16,19,21H,2-5,8-11H2,1H3/t16-/m1/s1. The van der Waals surface area contributed by atoms with Crippen LogP contribution in [0.3, 0.4) is 0 Å². The monoisotopic (exact) mass is 292 g/mol. The molecule has 2 N–H and O–H groups in total. The number of aromatic hydroxyl groups is 1. The first-order valence-corrected chi connectivity index (χ1v) is 8.11. The third-order valence-electron chi connectivity index (χ3n) is 5.05. The zero-order valence-corrected chi connectivity index (χ0v) is 12.7. The van der Waals surface area contributed by atoms with Crippen molar-refractivity contribution in [2.24, 2.45) is 5.92 Å². The summed E-state index contributed by atoms with van der Waals surface area (Å²) in [4.78, 5) is 2.37. The van der Waals surface area contributed by atoms with Crippen molar-refractivity contribution < 1.29 is 9.50 Å². The Hall–Kier alpha value is -1.13. The maximum Gasteiger partial charge on any atom is 0.131 e. The Kier molecular flexibility index (Phi) is 4.45. The van der Waals surface area contributed by atoms with Gasteiger partial charge < -0.3 is 10.4 Å². The van der Waals surface area contributed by atoms with Gasteiger partial charge in [-0.2, -0.15) is 0 Å². The molecule has 1 aromatic rings. The molecule has 2 fully saturated rings. The number of phenolic OH excluding ortho intramolecular Hbond substituents is 1. The van der Waals surface area contributed by atoms with Gasteiger partial charge in [-0.15, -0.1) is 0 Å². The Balaban J connectivity index is 1.99. The number of rotatable bonds is 3. The molecule has 0 amide bonds. The molecule has 1 aliphatic heterocycles. The van der Waals surface area contributed by atoms with E-state index in [0.717, 1.165) is 44.6 Å². The van der Waals surface area contributed by atoms with Crippen LogP contribution in [0.15, 0.2) is 12.1 Å². The number of benzene rings is 1. The Bertz CT molecular complexity index is 494. The molecule has 1 saturated heterocycles. The first kappa shape index (κ1) is 14.8. The van der Waals surface area contributed by atoms with Gasteiger partial charge in [-0.05, 0) is 37.3 Å². The van der Waals surface area contributed by atoms with Crippen molar-refractivity contribution in [3.8, 4) is 5.75 Å². The van der Waals surface area contributed by atoms with Crippen molar-refractivity contribution in [1.29, 1.82) is 0 Å². The predicted octanol–water partition coefficient (Wildman–Crippen LogP) is 2.98. The lowest BCUT2D eigenvalue weighted by Gasteiger charge is -2.39. The first-order valence-electron chi connectivity index (χ1n) is 8.11. The SMILES string of the molecule is Cc1ccc(F)c([C@@H](C2CCCC2)N2CCNCC2)c1O. The average molecular weight is 292 g/mol. The summed E-state index contributed by atoms with van der Waals surface area (Å²) in [6.07, 6.45) is 4.73. The lowest BCUT2D eigenvalue weighted by Crippen LogP contribution is -2.47. The minimum absolute atomic E-state index is 0.0227. The Morgan fingerprint density at radius 2 is 1.90 bits per heavy atom. The predicted molar refractivity (Wildman–Crippen MR) is 81.9 cm³/mol. The van der Waals surface area contributed by atoms with E-state index in [0.29, 0.717) is 11.5 Å². The van der Waals surface area contributed by atoms with Gasteiger partial charge in [0.2, 0.25) is 0 Å². The topological polar surface area (TPSA) is 35.5 Å². The number of halogens is 1. The molecule has 1 saturated carbocycles. The summed E-state index contributed by atoms with van der Waals surface area (Å²) < 4.78 is 14.5. The van der Waals surface area contributed by atoms with E-state index in [2.05, 4.69) is 10.2 Å². The highest BCUT2D eigenvalue weighted by Crippen LogP contribution is 2.44. The molecular weight excluding hydrogens is 267 g/mol. The largest absolute Gasteiger partial charge is 0.507 e. The van der Waals surface area contributed by atoms with Crippen LogP contribution in [0.1, 0.15) is 42.9 Å². The van der Waals surface area contributed by atoms with E-state index in [4.69, 9.17) is 0 Å². The van der Waals surface area contributed by atoms with Crippen molar-refractivity contribution in [2.75, 3.05) is 26.2 Å². The highest BCUT2D eigenvalue weighted by Gasteiger charge is 2.35. The zero-order valence-electron chi connectivity index (χ0n) is 12.7. The third kappa shape index (κ3) is 2.92. The van der Waals surface area contributed by atoms with Crippen molar-refractivity contribution in [2.45, 2.75) is 38.6 Å².